The summed E-state index contributed by atoms with van der Waals surface area (Å²) in [5.41, 5.74) is 0. The van der Waals surface area contributed by atoms with Gasteiger partial charge in [0.1, 0.15) is 0 Å². The van der Waals surface area contributed by atoms with Crippen molar-refractivity contribution in [2.45, 2.75) is 6.55 Å². The van der Waals surface area contributed by atoms with Crippen molar-refractivity contribution < 1.29 is 0 Å². The van der Waals surface area contributed by atoms with Gasteiger partial charge < -0.3 is 0 Å². The number of hydrogen-bond donors (Lipinski definition) is 0. The van der Waals surface area contributed by atoms with E-state index in [-0.39, 0.29) is 0 Å². The topological polar surface area (TPSA) is 0 Å². The van der Waals surface area contributed by atoms with E-state index in [4.69, 9.17) is 22.2 Å². The Morgan fingerprint density at radius 1 is 0.833 bits per heavy atom. The van der Waals surface area contributed by atoms with Gasteiger partial charge >= 0.3 is 0 Å². The minimum Gasteiger partial charge on any atom is -0.146 e. The minimum atomic E-state index is -2.11. The van der Waals surface area contributed by atoms with E-state index < -0.39 is 14.6 Å². The van der Waals surface area contributed by atoms with Crippen molar-refractivity contribution in [2.24, 2.45) is 0 Å². The van der Waals surface area contributed by atoms with Gasteiger partial charge in [-0.2, -0.15) is 0 Å². The predicted octanol–water partition coefficient (Wildman–Crippen LogP) is 4.21. The van der Waals surface area contributed by atoms with Crippen LogP contribution >= 0.6 is 30.1 Å². The fourth-order valence-electron chi connectivity index (χ4n) is 1.83. The van der Waals surface area contributed by atoms with Crippen LogP contribution in [0.5, 0.6) is 0 Å². The zero-order valence-corrected chi connectivity index (χ0v) is 13.6. The molecular weight excluding hydrogens is 298 g/mol. The molecule has 0 atom stereocenters. The molecule has 0 radical (unpaired) electrons. The molecule has 0 saturated carbocycles. The van der Waals surface area contributed by atoms with Crippen molar-refractivity contribution in [3.8, 4) is 0 Å². The first kappa shape index (κ1) is 14.1. The summed E-state index contributed by atoms with van der Waals surface area (Å²) in [5, 5.41) is 2.69. The summed E-state index contributed by atoms with van der Waals surface area (Å²) in [6.07, 6.45) is 0. The Morgan fingerprint density at radius 3 is 1.56 bits per heavy atom. The van der Waals surface area contributed by atoms with Gasteiger partial charge in [0.05, 0.1) is 0 Å². The summed E-state index contributed by atoms with van der Waals surface area (Å²) < 4.78 is 0. The highest BCUT2D eigenvalue weighted by Gasteiger charge is 2.27. The molecule has 2 aromatic carbocycles. The molecule has 2 rings (SSSR count). The SMILES string of the molecule is C[Si](Cl)(Cl)CP(c1ccccc1)c1ccccc1. The van der Waals surface area contributed by atoms with Crippen LogP contribution in [0.25, 0.3) is 0 Å². The van der Waals surface area contributed by atoms with E-state index >= 15 is 0 Å². The van der Waals surface area contributed by atoms with E-state index in [1.54, 1.807) is 0 Å². The molecule has 0 saturated heterocycles. The van der Waals surface area contributed by atoms with Crippen LogP contribution < -0.4 is 10.6 Å². The maximum absolute atomic E-state index is 6.35. The zero-order chi connectivity index (χ0) is 13.0. The molecule has 2 aromatic rings. The van der Waals surface area contributed by atoms with E-state index in [1.165, 1.54) is 10.6 Å². The molecule has 0 amide bonds. The van der Waals surface area contributed by atoms with Gasteiger partial charge in [-0.1, -0.05) is 60.7 Å². The van der Waals surface area contributed by atoms with Crippen LogP contribution in [0, 0.1) is 0 Å². The van der Waals surface area contributed by atoms with Crippen LogP contribution in [-0.2, 0) is 0 Å². The van der Waals surface area contributed by atoms with Crippen LogP contribution in [-0.4, -0.2) is 12.5 Å². The lowest BCUT2D eigenvalue weighted by molar-refractivity contribution is 1.74. The third-order valence-electron chi connectivity index (χ3n) is 2.57. The number of benzene rings is 2. The smallest absolute Gasteiger partial charge is 0.146 e. The molecule has 0 N–H and O–H groups in total. The molecule has 0 heterocycles. The summed E-state index contributed by atoms with van der Waals surface area (Å²) in [6, 6.07) is 21.1. The van der Waals surface area contributed by atoms with Crippen LogP contribution in [0.4, 0.5) is 0 Å². The summed E-state index contributed by atoms with van der Waals surface area (Å²) in [5.74, 6) is 0.902. The van der Waals surface area contributed by atoms with Gasteiger partial charge in [-0.05, 0) is 30.9 Å². The molecule has 0 aromatic heterocycles. The van der Waals surface area contributed by atoms with Crippen molar-refractivity contribution in [3.63, 3.8) is 0 Å². The summed E-state index contributed by atoms with van der Waals surface area (Å²) in [6.45, 7) is -0.115. The number of hydrogen-bond acceptors (Lipinski definition) is 0. The third kappa shape index (κ3) is 4.10. The quantitative estimate of drug-likeness (QED) is 0.451. The second kappa shape index (κ2) is 6.21. The second-order valence-corrected chi connectivity index (χ2v) is 15.2. The first-order valence-electron chi connectivity index (χ1n) is 5.82. The number of rotatable bonds is 4. The summed E-state index contributed by atoms with van der Waals surface area (Å²) in [4.78, 5) is 0. The van der Waals surface area contributed by atoms with Gasteiger partial charge in [0.15, 0.2) is 0 Å². The van der Waals surface area contributed by atoms with Gasteiger partial charge in [0.25, 0.3) is 6.69 Å². The highest BCUT2D eigenvalue weighted by atomic mass is 35.7. The fraction of sp³-hybridized carbons (Fsp3) is 0.143. The average molecular weight is 313 g/mol. The van der Waals surface area contributed by atoms with E-state index in [2.05, 4.69) is 48.5 Å². The molecule has 0 aliphatic heterocycles. The standard InChI is InChI=1S/C14H15Cl2PSi/c1-18(15,16)12-17(13-8-4-2-5-9-13)14-10-6-3-7-11-14/h2-11H,12H2,1H3. The second-order valence-electron chi connectivity index (χ2n) is 4.33. The average Bonchev–Trinajstić information content (AvgIpc) is 2.37. The Labute approximate surface area is 120 Å². The minimum absolute atomic E-state index is 0.441. The van der Waals surface area contributed by atoms with E-state index in [0.717, 1.165) is 5.79 Å². The Balaban J connectivity index is 2.36. The molecule has 94 valence electrons. The van der Waals surface area contributed by atoms with E-state index in [0.29, 0.717) is 0 Å². The number of halogens is 2. The molecule has 0 nitrogen and oxygen atoms in total. The van der Waals surface area contributed by atoms with Gasteiger partial charge in [0.2, 0.25) is 0 Å². The maximum atomic E-state index is 6.35. The molecule has 4 heteroatoms. The van der Waals surface area contributed by atoms with Gasteiger partial charge in [0, 0.05) is 0 Å². The lowest BCUT2D eigenvalue weighted by Gasteiger charge is -2.22. The first-order chi connectivity index (χ1) is 8.56. The van der Waals surface area contributed by atoms with Crippen molar-refractivity contribution in [1.29, 1.82) is 0 Å². The highest BCUT2D eigenvalue weighted by Crippen LogP contribution is 2.38. The third-order valence-corrected chi connectivity index (χ3v) is 10.1. The fourth-order valence-corrected chi connectivity index (χ4v) is 9.02. The van der Waals surface area contributed by atoms with Crippen LogP contribution in [0.2, 0.25) is 6.55 Å². The zero-order valence-electron chi connectivity index (χ0n) is 10.2. The molecule has 18 heavy (non-hydrogen) atoms. The van der Waals surface area contributed by atoms with Gasteiger partial charge in [-0.3, -0.25) is 0 Å². The van der Waals surface area contributed by atoms with Crippen LogP contribution in [0.15, 0.2) is 60.7 Å². The Bertz CT molecular complexity index is 443. The van der Waals surface area contributed by atoms with Crippen LogP contribution in [0.3, 0.4) is 0 Å². The predicted molar refractivity (Wildman–Crippen MR) is 87.3 cm³/mol. The van der Waals surface area contributed by atoms with Crippen molar-refractivity contribution in [3.05, 3.63) is 60.7 Å². The Hall–Kier alpha value is -0.333. The van der Waals surface area contributed by atoms with Gasteiger partial charge in [-0.15, -0.1) is 22.2 Å². The van der Waals surface area contributed by atoms with Crippen molar-refractivity contribution in [1.82, 2.24) is 0 Å². The molecule has 0 spiro atoms. The molecule has 0 unspecified atom stereocenters. The molecule has 0 aliphatic carbocycles. The molecule has 0 bridgehead atoms. The largest absolute Gasteiger partial charge is 0.253 e. The Morgan fingerprint density at radius 2 is 1.22 bits per heavy atom. The summed E-state index contributed by atoms with van der Waals surface area (Å²) >= 11 is 12.7. The Kier molecular flexibility index (Phi) is 4.86. The van der Waals surface area contributed by atoms with Crippen molar-refractivity contribution in [2.75, 3.05) is 5.79 Å². The van der Waals surface area contributed by atoms with E-state index in [1.807, 2.05) is 18.7 Å². The van der Waals surface area contributed by atoms with E-state index in [9.17, 15) is 0 Å². The molecule has 0 fully saturated rings. The molecular formula is C14H15Cl2PSi. The molecule has 0 aliphatic rings. The van der Waals surface area contributed by atoms with Crippen LogP contribution in [0.1, 0.15) is 0 Å². The monoisotopic (exact) mass is 312 g/mol. The normalized spacial score (nSPS) is 11.8. The lowest BCUT2D eigenvalue weighted by atomic mass is 10.4. The summed E-state index contributed by atoms with van der Waals surface area (Å²) in [7, 11) is -0.441. The highest BCUT2D eigenvalue weighted by molar-refractivity contribution is 7.78. The first-order valence-corrected chi connectivity index (χ1v) is 12.1. The maximum Gasteiger partial charge on any atom is 0.253 e. The van der Waals surface area contributed by atoms with Gasteiger partial charge in [-0.25, -0.2) is 0 Å². The lowest BCUT2D eigenvalue weighted by Crippen LogP contribution is -2.26. The van der Waals surface area contributed by atoms with Crippen molar-refractivity contribution >= 4 is 47.4 Å².